The normalized spacial score (nSPS) is 19.8. The molecule has 122 valence electrons. The third kappa shape index (κ3) is 4.60. The van der Waals surface area contributed by atoms with Crippen LogP contribution in [0, 0.1) is 0 Å². The van der Waals surface area contributed by atoms with Gasteiger partial charge in [-0.25, -0.2) is 4.79 Å². The van der Waals surface area contributed by atoms with Crippen LogP contribution in [-0.4, -0.2) is 43.3 Å². The van der Waals surface area contributed by atoms with Crippen LogP contribution in [0.4, 0.5) is 10.5 Å². The quantitative estimate of drug-likeness (QED) is 0.876. The van der Waals surface area contributed by atoms with E-state index in [-0.39, 0.29) is 6.04 Å². The first-order chi connectivity index (χ1) is 10.3. The highest BCUT2D eigenvalue weighted by atomic mass is 35.5. The Kier molecular flexibility index (Phi) is 5.32. The molecule has 5 nitrogen and oxygen atoms in total. The Morgan fingerprint density at radius 2 is 2.18 bits per heavy atom. The summed E-state index contributed by atoms with van der Waals surface area (Å²) < 4.78 is 5.27. The molecule has 1 aromatic carbocycles. The molecular formula is C16H24ClN3O2. The van der Waals surface area contributed by atoms with Crippen molar-refractivity contribution in [1.82, 2.24) is 10.2 Å². The number of rotatable bonds is 2. The summed E-state index contributed by atoms with van der Waals surface area (Å²) in [6.07, 6.45) is -0.462. The van der Waals surface area contributed by atoms with Gasteiger partial charge in [0.2, 0.25) is 0 Å². The number of amides is 1. The summed E-state index contributed by atoms with van der Waals surface area (Å²) in [5.74, 6) is 0. The van der Waals surface area contributed by atoms with E-state index in [1.165, 1.54) is 0 Å². The van der Waals surface area contributed by atoms with Crippen LogP contribution in [0.25, 0.3) is 0 Å². The number of benzene rings is 1. The molecule has 1 aromatic rings. The second kappa shape index (κ2) is 6.86. The van der Waals surface area contributed by atoms with Crippen molar-refractivity contribution in [3.05, 3.63) is 28.8 Å². The maximum absolute atomic E-state index is 11.9. The zero-order valence-electron chi connectivity index (χ0n) is 13.6. The third-order valence-corrected chi connectivity index (χ3v) is 3.86. The third-order valence-electron chi connectivity index (χ3n) is 3.51. The highest BCUT2D eigenvalue weighted by Crippen LogP contribution is 2.30. The summed E-state index contributed by atoms with van der Waals surface area (Å²) in [4.78, 5) is 14.1. The van der Waals surface area contributed by atoms with Crippen molar-refractivity contribution < 1.29 is 9.53 Å². The van der Waals surface area contributed by atoms with Crippen molar-refractivity contribution in [1.29, 1.82) is 0 Å². The van der Waals surface area contributed by atoms with Crippen LogP contribution in [-0.2, 0) is 4.74 Å². The van der Waals surface area contributed by atoms with E-state index in [0.29, 0.717) is 10.7 Å². The predicted octanol–water partition coefficient (Wildman–Crippen LogP) is 3.26. The molecular weight excluding hydrogens is 302 g/mol. The molecule has 6 heteroatoms. The van der Waals surface area contributed by atoms with Crippen molar-refractivity contribution >= 4 is 23.4 Å². The summed E-state index contributed by atoms with van der Waals surface area (Å²) in [6.45, 7) is 8.28. The Balaban J connectivity index is 2.14. The number of hydrogen-bond donors (Lipinski definition) is 2. The number of likely N-dealkylation sites (N-methyl/N-ethyl adjacent to an activating group) is 1. The Labute approximate surface area is 137 Å². The largest absolute Gasteiger partial charge is 0.444 e. The maximum Gasteiger partial charge on any atom is 0.412 e. The van der Waals surface area contributed by atoms with Gasteiger partial charge < -0.3 is 10.1 Å². The first kappa shape index (κ1) is 17.1. The van der Waals surface area contributed by atoms with Crippen molar-refractivity contribution in [3.63, 3.8) is 0 Å². The Hall–Kier alpha value is -1.30. The van der Waals surface area contributed by atoms with Gasteiger partial charge in [-0.15, -0.1) is 0 Å². The molecule has 2 N–H and O–H groups in total. The summed E-state index contributed by atoms with van der Waals surface area (Å²) in [6, 6.07) is 5.71. The number of ether oxygens (including phenoxy) is 1. The van der Waals surface area contributed by atoms with Crippen LogP contribution in [0.15, 0.2) is 18.2 Å². The standard InChI is InChI=1S/C16H24ClN3O2/c1-16(2,3)22-15(21)19-11-5-6-13(17)12(9-11)14-10-18-7-8-20(14)4/h5-6,9,14,18H,7-8,10H2,1-4H3,(H,19,21). The molecule has 2 rings (SSSR count). The van der Waals surface area contributed by atoms with Gasteiger partial charge in [-0.1, -0.05) is 11.6 Å². The molecule has 1 fully saturated rings. The molecule has 1 amide bonds. The molecule has 1 atom stereocenters. The van der Waals surface area contributed by atoms with Crippen LogP contribution in [0.5, 0.6) is 0 Å². The zero-order valence-corrected chi connectivity index (χ0v) is 14.3. The van der Waals surface area contributed by atoms with Gasteiger partial charge in [0.1, 0.15) is 5.60 Å². The minimum atomic E-state index is -0.521. The minimum absolute atomic E-state index is 0.196. The molecule has 0 bridgehead atoms. The SMILES string of the molecule is CN1CCNCC1c1cc(NC(=O)OC(C)(C)C)ccc1Cl. The molecule has 22 heavy (non-hydrogen) atoms. The zero-order chi connectivity index (χ0) is 16.3. The number of halogens is 1. The summed E-state index contributed by atoms with van der Waals surface area (Å²) >= 11 is 6.34. The Morgan fingerprint density at radius 1 is 1.45 bits per heavy atom. The Morgan fingerprint density at radius 3 is 2.82 bits per heavy atom. The van der Waals surface area contributed by atoms with E-state index in [0.717, 1.165) is 25.2 Å². The van der Waals surface area contributed by atoms with Crippen molar-refractivity contribution in [3.8, 4) is 0 Å². The van der Waals surface area contributed by atoms with Gasteiger partial charge in [0.15, 0.2) is 0 Å². The first-order valence-electron chi connectivity index (χ1n) is 7.47. The second-order valence-corrected chi connectivity index (χ2v) is 6.97. The molecule has 1 saturated heterocycles. The van der Waals surface area contributed by atoms with Crippen LogP contribution in [0.3, 0.4) is 0 Å². The van der Waals surface area contributed by atoms with Gasteiger partial charge in [0.25, 0.3) is 0 Å². The molecule has 0 saturated carbocycles. The van der Waals surface area contributed by atoms with E-state index < -0.39 is 11.7 Å². The van der Waals surface area contributed by atoms with E-state index in [2.05, 4.69) is 22.6 Å². The fraction of sp³-hybridized carbons (Fsp3) is 0.562. The van der Waals surface area contributed by atoms with E-state index in [9.17, 15) is 4.79 Å². The van der Waals surface area contributed by atoms with Gasteiger partial charge in [-0.2, -0.15) is 0 Å². The second-order valence-electron chi connectivity index (χ2n) is 6.56. The number of carbonyl (C=O) groups excluding carboxylic acids is 1. The van der Waals surface area contributed by atoms with E-state index in [1.54, 1.807) is 6.07 Å². The average molecular weight is 326 g/mol. The lowest BCUT2D eigenvalue weighted by Gasteiger charge is -2.34. The maximum atomic E-state index is 11.9. The van der Waals surface area contributed by atoms with Crippen molar-refractivity contribution in [2.45, 2.75) is 32.4 Å². The van der Waals surface area contributed by atoms with E-state index in [4.69, 9.17) is 16.3 Å². The van der Waals surface area contributed by atoms with Gasteiger partial charge in [-0.05, 0) is 51.6 Å². The number of piperazine rings is 1. The summed E-state index contributed by atoms with van der Waals surface area (Å²) in [5, 5.41) is 6.84. The van der Waals surface area contributed by atoms with Gasteiger partial charge >= 0.3 is 6.09 Å². The number of carbonyl (C=O) groups is 1. The summed E-state index contributed by atoms with van der Waals surface area (Å²) in [7, 11) is 2.08. The fourth-order valence-corrected chi connectivity index (χ4v) is 2.70. The van der Waals surface area contributed by atoms with Crippen LogP contribution < -0.4 is 10.6 Å². The summed E-state index contributed by atoms with van der Waals surface area (Å²) in [5.41, 5.74) is 1.17. The molecule has 0 aromatic heterocycles. The highest BCUT2D eigenvalue weighted by molar-refractivity contribution is 6.31. The smallest absolute Gasteiger partial charge is 0.412 e. The number of hydrogen-bond acceptors (Lipinski definition) is 4. The number of anilines is 1. The van der Waals surface area contributed by atoms with Gasteiger partial charge in [0, 0.05) is 36.4 Å². The minimum Gasteiger partial charge on any atom is -0.444 e. The van der Waals surface area contributed by atoms with Crippen molar-refractivity contribution in [2.75, 3.05) is 32.0 Å². The van der Waals surface area contributed by atoms with Crippen molar-refractivity contribution in [2.24, 2.45) is 0 Å². The Bertz CT molecular complexity index is 543. The topological polar surface area (TPSA) is 53.6 Å². The molecule has 1 aliphatic rings. The lowest BCUT2D eigenvalue weighted by molar-refractivity contribution is 0.0636. The van der Waals surface area contributed by atoms with E-state index in [1.807, 2.05) is 32.9 Å². The molecule has 1 aliphatic heterocycles. The monoisotopic (exact) mass is 325 g/mol. The fourth-order valence-electron chi connectivity index (χ4n) is 2.45. The predicted molar refractivity (Wildman–Crippen MR) is 89.5 cm³/mol. The van der Waals surface area contributed by atoms with Gasteiger partial charge in [0.05, 0.1) is 0 Å². The number of nitrogens with one attached hydrogen (secondary N) is 2. The lowest BCUT2D eigenvalue weighted by Crippen LogP contribution is -2.43. The van der Waals surface area contributed by atoms with Crippen LogP contribution >= 0.6 is 11.6 Å². The van der Waals surface area contributed by atoms with Gasteiger partial charge in [-0.3, -0.25) is 10.2 Å². The molecule has 0 spiro atoms. The molecule has 1 heterocycles. The van der Waals surface area contributed by atoms with Crippen LogP contribution in [0.1, 0.15) is 32.4 Å². The molecule has 0 aliphatic carbocycles. The molecule has 1 unspecified atom stereocenters. The molecule has 0 radical (unpaired) electrons. The lowest BCUT2D eigenvalue weighted by atomic mass is 10.0. The number of nitrogens with zero attached hydrogens (tertiary/aromatic N) is 1. The van der Waals surface area contributed by atoms with E-state index >= 15 is 0 Å². The highest BCUT2D eigenvalue weighted by Gasteiger charge is 2.23. The van der Waals surface area contributed by atoms with Crippen LogP contribution in [0.2, 0.25) is 5.02 Å². The average Bonchev–Trinajstić information content (AvgIpc) is 2.39. The first-order valence-corrected chi connectivity index (χ1v) is 7.84.